The zero-order chi connectivity index (χ0) is 23.4. The van der Waals surface area contributed by atoms with E-state index in [0.717, 1.165) is 23.4 Å². The van der Waals surface area contributed by atoms with E-state index in [4.69, 9.17) is 9.47 Å². The van der Waals surface area contributed by atoms with Crippen molar-refractivity contribution in [3.63, 3.8) is 0 Å². The lowest BCUT2D eigenvalue weighted by molar-refractivity contribution is -0.133. The second-order valence-electron chi connectivity index (χ2n) is 7.54. The number of fused-ring (bicyclic) bond motifs is 1. The first kappa shape index (κ1) is 22.3. The van der Waals surface area contributed by atoms with Crippen LogP contribution in [-0.2, 0) is 17.8 Å². The number of benzene rings is 3. The summed E-state index contributed by atoms with van der Waals surface area (Å²) in [6.45, 7) is 0.602. The Morgan fingerprint density at radius 2 is 1.85 bits per heavy atom. The first-order valence-electron chi connectivity index (χ1n) is 10.4. The van der Waals surface area contributed by atoms with Gasteiger partial charge in [-0.2, -0.15) is 0 Å². The zero-order valence-corrected chi connectivity index (χ0v) is 17.9. The monoisotopic (exact) mass is 452 g/mol. The number of amides is 2. The fourth-order valence-electron chi connectivity index (χ4n) is 3.72. The first-order chi connectivity index (χ1) is 16.0. The summed E-state index contributed by atoms with van der Waals surface area (Å²) < 4.78 is 38.9. The number of carbonyl (C=O) groups excluding carboxylic acids is 2. The van der Waals surface area contributed by atoms with Gasteiger partial charge >= 0.3 is 0 Å². The van der Waals surface area contributed by atoms with Gasteiger partial charge in [-0.3, -0.25) is 9.59 Å². The van der Waals surface area contributed by atoms with Gasteiger partial charge in [-0.1, -0.05) is 24.3 Å². The van der Waals surface area contributed by atoms with E-state index in [0.29, 0.717) is 30.0 Å². The van der Waals surface area contributed by atoms with Crippen molar-refractivity contribution in [2.24, 2.45) is 0 Å². The molecule has 1 aliphatic rings. The van der Waals surface area contributed by atoms with Crippen LogP contribution in [0.4, 0.5) is 14.5 Å². The Hall–Kier alpha value is -3.94. The number of nitrogens with one attached hydrogen (secondary N) is 1. The van der Waals surface area contributed by atoms with E-state index < -0.39 is 23.1 Å². The smallest absolute Gasteiger partial charge is 0.261 e. The van der Waals surface area contributed by atoms with Crippen molar-refractivity contribution in [2.75, 3.05) is 25.6 Å². The third kappa shape index (κ3) is 4.95. The average molecular weight is 452 g/mol. The quantitative estimate of drug-likeness (QED) is 0.609. The maximum Gasteiger partial charge on any atom is 0.261 e. The molecule has 1 N–H and O–H groups in total. The summed E-state index contributed by atoms with van der Waals surface area (Å²) in [5.74, 6) is -1.69. The second-order valence-corrected chi connectivity index (χ2v) is 7.54. The Morgan fingerprint density at radius 1 is 1.09 bits per heavy atom. The number of nitrogens with zero attached hydrogens (tertiary/aromatic N) is 1. The van der Waals surface area contributed by atoms with Crippen LogP contribution < -0.4 is 14.8 Å². The van der Waals surface area contributed by atoms with Crippen LogP contribution in [0.2, 0.25) is 0 Å². The normalized spacial score (nSPS) is 13.1. The van der Waals surface area contributed by atoms with Crippen LogP contribution in [0.15, 0.2) is 60.7 Å². The summed E-state index contributed by atoms with van der Waals surface area (Å²) in [5, 5.41) is 2.51. The van der Waals surface area contributed by atoms with Gasteiger partial charge in [0.05, 0.1) is 7.11 Å². The highest BCUT2D eigenvalue weighted by molar-refractivity contribution is 6.04. The summed E-state index contributed by atoms with van der Waals surface area (Å²) in [6, 6.07) is 15.7. The van der Waals surface area contributed by atoms with Gasteiger partial charge in [0, 0.05) is 24.3 Å². The van der Waals surface area contributed by atoms with Gasteiger partial charge in [0.2, 0.25) is 0 Å². The summed E-state index contributed by atoms with van der Waals surface area (Å²) in [4.78, 5) is 26.7. The summed E-state index contributed by atoms with van der Waals surface area (Å²) in [6.07, 6.45) is 0.591. The van der Waals surface area contributed by atoms with Crippen LogP contribution in [0.25, 0.3) is 0 Å². The van der Waals surface area contributed by atoms with Crippen molar-refractivity contribution < 1.29 is 27.8 Å². The number of anilines is 1. The molecule has 0 unspecified atom stereocenters. The Balaban J connectivity index is 1.51. The molecule has 3 aromatic carbocycles. The maximum atomic E-state index is 13.9. The SMILES string of the molecule is COc1ccccc1CCN1Cc2cc(NC(=O)c3c(F)cccc3F)ccc2OCC1=O. The molecule has 0 saturated heterocycles. The summed E-state index contributed by atoms with van der Waals surface area (Å²) in [5.41, 5.74) is 1.33. The topological polar surface area (TPSA) is 67.9 Å². The molecule has 1 aliphatic heterocycles. The molecule has 4 rings (SSSR count). The van der Waals surface area contributed by atoms with Crippen molar-refractivity contribution >= 4 is 17.5 Å². The zero-order valence-electron chi connectivity index (χ0n) is 17.9. The number of para-hydroxylation sites is 1. The highest BCUT2D eigenvalue weighted by Gasteiger charge is 2.23. The Labute approximate surface area is 189 Å². The lowest BCUT2D eigenvalue weighted by Gasteiger charge is -2.21. The number of halogens is 2. The van der Waals surface area contributed by atoms with Crippen LogP contribution in [0.3, 0.4) is 0 Å². The summed E-state index contributed by atoms with van der Waals surface area (Å²) >= 11 is 0. The molecule has 0 fully saturated rings. The molecule has 2 amide bonds. The van der Waals surface area contributed by atoms with E-state index >= 15 is 0 Å². The van der Waals surface area contributed by atoms with Gasteiger partial charge in [0.1, 0.15) is 28.7 Å². The molecule has 0 bridgehead atoms. The van der Waals surface area contributed by atoms with Crippen LogP contribution in [-0.4, -0.2) is 37.0 Å². The minimum Gasteiger partial charge on any atom is -0.496 e. The minimum absolute atomic E-state index is 0.106. The van der Waals surface area contributed by atoms with Crippen molar-refractivity contribution in [1.29, 1.82) is 0 Å². The second kappa shape index (κ2) is 9.68. The highest BCUT2D eigenvalue weighted by Crippen LogP contribution is 2.28. The van der Waals surface area contributed by atoms with E-state index in [1.54, 1.807) is 30.2 Å². The third-order valence-electron chi connectivity index (χ3n) is 5.42. The van der Waals surface area contributed by atoms with Gasteiger partial charge in [-0.05, 0) is 48.4 Å². The van der Waals surface area contributed by atoms with Crippen molar-refractivity contribution in [1.82, 2.24) is 4.90 Å². The van der Waals surface area contributed by atoms with E-state index in [-0.39, 0.29) is 19.1 Å². The van der Waals surface area contributed by atoms with Crippen LogP contribution in [0, 0.1) is 11.6 Å². The van der Waals surface area contributed by atoms with Gasteiger partial charge in [0.25, 0.3) is 11.8 Å². The minimum atomic E-state index is -0.946. The fraction of sp³-hybridized carbons (Fsp3) is 0.200. The Bertz CT molecular complexity index is 1180. The molecule has 6 nitrogen and oxygen atoms in total. The standard InChI is InChI=1S/C25H22F2N2O4/c1-32-21-8-3-2-5-16(21)11-12-29-14-17-13-18(9-10-22(17)33-15-23(29)30)28-25(31)24-19(26)6-4-7-20(24)27/h2-10,13H,11-12,14-15H2,1H3,(H,28,31). The van der Waals surface area contributed by atoms with Crippen LogP contribution in [0.1, 0.15) is 21.5 Å². The van der Waals surface area contributed by atoms with Crippen LogP contribution >= 0.6 is 0 Å². The maximum absolute atomic E-state index is 13.9. The molecule has 0 aromatic heterocycles. The largest absolute Gasteiger partial charge is 0.496 e. The van der Waals surface area contributed by atoms with Gasteiger partial charge in [-0.25, -0.2) is 8.78 Å². The Morgan fingerprint density at radius 3 is 2.61 bits per heavy atom. The molecule has 8 heteroatoms. The van der Waals surface area contributed by atoms with Gasteiger partial charge < -0.3 is 19.7 Å². The molecule has 1 heterocycles. The van der Waals surface area contributed by atoms with Gasteiger partial charge in [0.15, 0.2) is 6.61 Å². The van der Waals surface area contributed by atoms with E-state index in [9.17, 15) is 18.4 Å². The molecule has 0 saturated carbocycles. The van der Waals surface area contributed by atoms with E-state index in [1.807, 2.05) is 24.3 Å². The summed E-state index contributed by atoms with van der Waals surface area (Å²) in [7, 11) is 1.60. The molecular weight excluding hydrogens is 430 g/mol. The van der Waals surface area contributed by atoms with Gasteiger partial charge in [-0.15, -0.1) is 0 Å². The number of rotatable bonds is 6. The molecule has 0 aliphatic carbocycles. The number of hydrogen-bond donors (Lipinski definition) is 1. The lowest BCUT2D eigenvalue weighted by Crippen LogP contribution is -2.34. The number of carbonyl (C=O) groups is 2. The fourth-order valence-corrected chi connectivity index (χ4v) is 3.72. The third-order valence-corrected chi connectivity index (χ3v) is 5.42. The van der Waals surface area contributed by atoms with E-state index in [2.05, 4.69) is 5.32 Å². The Kier molecular flexibility index (Phi) is 6.53. The van der Waals surface area contributed by atoms with Crippen LogP contribution in [0.5, 0.6) is 11.5 Å². The van der Waals surface area contributed by atoms with E-state index in [1.165, 1.54) is 6.07 Å². The molecule has 0 atom stereocenters. The van der Waals surface area contributed by atoms with Crippen molar-refractivity contribution in [2.45, 2.75) is 13.0 Å². The molecule has 33 heavy (non-hydrogen) atoms. The molecule has 3 aromatic rings. The molecule has 170 valence electrons. The van der Waals surface area contributed by atoms with Crippen molar-refractivity contribution in [3.8, 4) is 11.5 Å². The number of ether oxygens (including phenoxy) is 2. The first-order valence-corrected chi connectivity index (χ1v) is 10.4. The van der Waals surface area contributed by atoms with Crippen molar-refractivity contribution in [3.05, 3.63) is 89.0 Å². The highest BCUT2D eigenvalue weighted by atomic mass is 19.1. The molecule has 0 radical (unpaired) electrons. The number of hydrogen-bond acceptors (Lipinski definition) is 4. The number of methoxy groups -OCH3 is 1. The predicted molar refractivity (Wildman–Crippen MR) is 118 cm³/mol. The predicted octanol–water partition coefficient (Wildman–Crippen LogP) is 4.19. The molecule has 0 spiro atoms. The molecular formula is C25H22F2N2O4. The average Bonchev–Trinajstić information content (AvgIpc) is 2.96. The lowest BCUT2D eigenvalue weighted by atomic mass is 10.1.